The van der Waals surface area contributed by atoms with Gasteiger partial charge in [-0.15, -0.1) is 0 Å². The van der Waals surface area contributed by atoms with Crippen LogP contribution in [0.2, 0.25) is 0 Å². The number of esters is 1. The van der Waals surface area contributed by atoms with E-state index in [0.29, 0.717) is 12.6 Å². The van der Waals surface area contributed by atoms with Gasteiger partial charge in [0.1, 0.15) is 6.04 Å². The van der Waals surface area contributed by atoms with Crippen LogP contribution < -0.4 is 5.32 Å². The summed E-state index contributed by atoms with van der Waals surface area (Å²) in [6.45, 7) is 0.682. The lowest BCUT2D eigenvalue weighted by Gasteiger charge is -2.17. The number of imidazole rings is 1. The van der Waals surface area contributed by atoms with E-state index >= 15 is 0 Å². The zero-order chi connectivity index (χ0) is 13.7. The lowest BCUT2D eigenvalue weighted by atomic mass is 10.2. The number of hydrogen-bond donors (Lipinski definition) is 1. The third-order valence-electron chi connectivity index (χ3n) is 2.99. The Balaban J connectivity index is 2.09. The second-order valence-corrected chi connectivity index (χ2v) is 4.32. The Morgan fingerprint density at radius 1 is 1.79 bits per heavy atom. The van der Waals surface area contributed by atoms with Gasteiger partial charge in [-0.05, 0) is 18.4 Å². The number of carbonyl (C=O) groups is 1. The van der Waals surface area contributed by atoms with Crippen molar-refractivity contribution < 1.29 is 9.53 Å². The first-order valence-electron chi connectivity index (χ1n) is 6.11. The molecule has 1 aliphatic rings. The van der Waals surface area contributed by atoms with E-state index < -0.39 is 6.04 Å². The molecule has 1 N–H and O–H groups in total. The Labute approximate surface area is 110 Å². The minimum Gasteiger partial charge on any atom is -0.468 e. The monoisotopic (exact) mass is 264 g/mol. The van der Waals surface area contributed by atoms with Crippen LogP contribution in [0.5, 0.6) is 0 Å². The van der Waals surface area contributed by atoms with Crippen LogP contribution in [0, 0.1) is 0 Å². The van der Waals surface area contributed by atoms with Crippen molar-refractivity contribution in [1.29, 1.82) is 0 Å². The molecule has 2 rings (SSSR count). The van der Waals surface area contributed by atoms with Gasteiger partial charge in [-0.3, -0.25) is 5.32 Å². The zero-order valence-electron chi connectivity index (χ0n) is 10.7. The highest BCUT2D eigenvalue weighted by molar-refractivity contribution is 5.76. The first-order valence-corrected chi connectivity index (χ1v) is 6.11. The van der Waals surface area contributed by atoms with Gasteiger partial charge in [0, 0.05) is 24.0 Å². The minimum absolute atomic E-state index is 0.279. The normalized spacial score (nSPS) is 15.6. The molecule has 1 aromatic rings. The van der Waals surface area contributed by atoms with Gasteiger partial charge in [0.15, 0.2) is 0 Å². The van der Waals surface area contributed by atoms with E-state index in [0.717, 1.165) is 18.5 Å². The molecule has 0 bridgehead atoms. The first-order chi connectivity index (χ1) is 9.27. The summed E-state index contributed by atoms with van der Waals surface area (Å²) >= 11 is 0. The molecule has 0 aliphatic heterocycles. The van der Waals surface area contributed by atoms with Crippen LogP contribution in [-0.2, 0) is 9.53 Å². The maximum absolute atomic E-state index is 11.8. The van der Waals surface area contributed by atoms with Crippen molar-refractivity contribution in [2.24, 2.45) is 5.11 Å². The van der Waals surface area contributed by atoms with Crippen molar-refractivity contribution in [3.8, 4) is 0 Å². The maximum Gasteiger partial charge on any atom is 0.329 e. The standard InChI is InChI=1S/C11H16N6O2/c1-19-11(18)10(14-4-5-15-16-12)9-6-13-7-17(9)8-2-3-8/h6-8,10,14H,2-5H2,1H3. The topological polar surface area (TPSA) is 105 Å². The average molecular weight is 264 g/mol. The van der Waals surface area contributed by atoms with Crippen molar-refractivity contribution in [2.75, 3.05) is 20.2 Å². The first kappa shape index (κ1) is 13.4. The minimum atomic E-state index is -0.581. The van der Waals surface area contributed by atoms with Gasteiger partial charge in [-0.1, -0.05) is 5.11 Å². The zero-order valence-corrected chi connectivity index (χ0v) is 10.7. The molecule has 1 fully saturated rings. The summed E-state index contributed by atoms with van der Waals surface area (Å²) in [4.78, 5) is 18.6. The number of nitrogens with one attached hydrogen (secondary N) is 1. The highest BCUT2D eigenvalue weighted by Crippen LogP contribution is 2.36. The fourth-order valence-electron chi connectivity index (χ4n) is 1.93. The lowest BCUT2D eigenvalue weighted by molar-refractivity contribution is -0.143. The number of azide groups is 1. The number of aromatic nitrogens is 2. The number of methoxy groups -OCH3 is 1. The third kappa shape index (κ3) is 3.24. The molecule has 8 nitrogen and oxygen atoms in total. The van der Waals surface area contributed by atoms with Crippen molar-refractivity contribution in [3.63, 3.8) is 0 Å². The molecule has 0 saturated heterocycles. The largest absolute Gasteiger partial charge is 0.468 e. The molecule has 0 aromatic carbocycles. The van der Waals surface area contributed by atoms with Crippen LogP contribution in [0.3, 0.4) is 0 Å². The highest BCUT2D eigenvalue weighted by atomic mass is 16.5. The highest BCUT2D eigenvalue weighted by Gasteiger charge is 2.31. The Morgan fingerprint density at radius 3 is 3.21 bits per heavy atom. The van der Waals surface area contributed by atoms with Crippen LogP contribution >= 0.6 is 0 Å². The Kier molecular flexibility index (Phi) is 4.38. The SMILES string of the molecule is COC(=O)C(NCCN=[N+]=[N-])c1cncn1C1CC1. The van der Waals surface area contributed by atoms with Crippen molar-refractivity contribution in [2.45, 2.75) is 24.9 Å². The molecule has 0 amide bonds. The van der Waals surface area contributed by atoms with Crippen molar-refractivity contribution in [3.05, 3.63) is 28.7 Å². The van der Waals surface area contributed by atoms with Crippen LogP contribution in [-0.4, -0.2) is 35.7 Å². The molecule has 8 heteroatoms. The van der Waals surface area contributed by atoms with Crippen LogP contribution in [0.1, 0.15) is 30.6 Å². The molecule has 102 valence electrons. The van der Waals surface area contributed by atoms with Gasteiger partial charge in [0.2, 0.25) is 0 Å². The van der Waals surface area contributed by atoms with E-state index in [4.69, 9.17) is 10.3 Å². The molecule has 1 aliphatic carbocycles. The summed E-state index contributed by atoms with van der Waals surface area (Å²) < 4.78 is 6.80. The van der Waals surface area contributed by atoms with Crippen LogP contribution in [0.25, 0.3) is 10.4 Å². The summed E-state index contributed by atoms with van der Waals surface area (Å²) in [5, 5.41) is 6.45. The number of ether oxygens (including phenoxy) is 1. The van der Waals surface area contributed by atoms with E-state index in [2.05, 4.69) is 20.3 Å². The van der Waals surface area contributed by atoms with Gasteiger partial charge in [-0.2, -0.15) is 0 Å². The summed E-state index contributed by atoms with van der Waals surface area (Å²) in [5.41, 5.74) is 9.01. The third-order valence-corrected chi connectivity index (χ3v) is 2.99. The molecule has 0 radical (unpaired) electrons. The van der Waals surface area contributed by atoms with Crippen LogP contribution in [0.15, 0.2) is 17.6 Å². The predicted octanol–water partition coefficient (Wildman–Crippen LogP) is 1.33. The number of nitrogens with zero attached hydrogens (tertiary/aromatic N) is 5. The van der Waals surface area contributed by atoms with Crippen LogP contribution in [0.4, 0.5) is 0 Å². The van der Waals surface area contributed by atoms with E-state index in [1.165, 1.54) is 7.11 Å². The predicted molar refractivity (Wildman–Crippen MR) is 67.3 cm³/mol. The molecule has 19 heavy (non-hydrogen) atoms. The molecule has 1 saturated carbocycles. The molecule has 1 aromatic heterocycles. The number of rotatable bonds is 7. The van der Waals surface area contributed by atoms with E-state index in [1.54, 1.807) is 12.5 Å². The second kappa shape index (κ2) is 6.21. The number of carbonyl (C=O) groups excluding carboxylic acids is 1. The Hall–Kier alpha value is -2.05. The molecule has 0 spiro atoms. The summed E-state index contributed by atoms with van der Waals surface area (Å²) in [5.74, 6) is -0.372. The quantitative estimate of drug-likeness (QED) is 0.263. The molecular weight excluding hydrogens is 248 g/mol. The summed E-state index contributed by atoms with van der Waals surface area (Å²) in [6.07, 6.45) is 5.62. The van der Waals surface area contributed by atoms with Gasteiger partial charge in [0.25, 0.3) is 0 Å². The Morgan fingerprint density at radius 2 is 2.58 bits per heavy atom. The smallest absolute Gasteiger partial charge is 0.329 e. The van der Waals surface area contributed by atoms with Gasteiger partial charge >= 0.3 is 5.97 Å². The molecular formula is C11H16N6O2. The average Bonchev–Trinajstić information content (AvgIpc) is 3.17. The van der Waals surface area contributed by atoms with Crippen molar-refractivity contribution in [1.82, 2.24) is 14.9 Å². The van der Waals surface area contributed by atoms with Gasteiger partial charge in [-0.25, -0.2) is 9.78 Å². The fourth-order valence-corrected chi connectivity index (χ4v) is 1.93. The van der Waals surface area contributed by atoms with E-state index in [-0.39, 0.29) is 12.5 Å². The molecule has 1 unspecified atom stereocenters. The van der Waals surface area contributed by atoms with E-state index in [1.807, 2.05) is 4.57 Å². The lowest BCUT2D eigenvalue weighted by Crippen LogP contribution is -2.33. The summed E-state index contributed by atoms with van der Waals surface area (Å²) in [7, 11) is 1.35. The van der Waals surface area contributed by atoms with Gasteiger partial charge in [0.05, 0.1) is 25.3 Å². The fraction of sp³-hybridized carbons (Fsp3) is 0.636. The second-order valence-electron chi connectivity index (χ2n) is 4.32. The Bertz CT molecular complexity index is 489. The number of hydrogen-bond acceptors (Lipinski definition) is 5. The molecule has 1 atom stereocenters. The molecule has 1 heterocycles. The maximum atomic E-state index is 11.8. The van der Waals surface area contributed by atoms with E-state index in [9.17, 15) is 4.79 Å². The van der Waals surface area contributed by atoms with Crippen molar-refractivity contribution >= 4 is 5.97 Å². The van der Waals surface area contributed by atoms with Gasteiger partial charge < -0.3 is 9.30 Å². The summed E-state index contributed by atoms with van der Waals surface area (Å²) in [6, 6.07) is -0.148.